The number of rotatable bonds is 4. The molecule has 1 saturated heterocycles. The smallest absolute Gasteiger partial charge is 0.320 e. The standard InChI is InChI=1S/C15H19N3O2S/c1-9-12(7-17-6-2-3-11(17)14(19)20)18-13(10-4-5-10)8-21-15(18)16-9/h8,10-11H,2-7H2,1H3,(H,19,20). The van der Waals surface area contributed by atoms with E-state index in [0.29, 0.717) is 12.5 Å². The highest BCUT2D eigenvalue weighted by Crippen LogP contribution is 2.42. The van der Waals surface area contributed by atoms with E-state index in [1.54, 1.807) is 11.3 Å². The molecule has 1 N–H and O–H groups in total. The van der Waals surface area contributed by atoms with E-state index in [2.05, 4.69) is 19.7 Å². The monoisotopic (exact) mass is 305 g/mol. The van der Waals surface area contributed by atoms with E-state index in [1.807, 2.05) is 6.92 Å². The molecule has 4 rings (SSSR count). The molecular formula is C15H19N3O2S. The summed E-state index contributed by atoms with van der Waals surface area (Å²) in [4.78, 5) is 19.2. The maximum Gasteiger partial charge on any atom is 0.320 e. The van der Waals surface area contributed by atoms with E-state index in [-0.39, 0.29) is 6.04 Å². The zero-order valence-electron chi connectivity index (χ0n) is 12.1. The first-order valence-corrected chi connectivity index (χ1v) is 8.45. The van der Waals surface area contributed by atoms with Crippen LogP contribution in [0.4, 0.5) is 0 Å². The van der Waals surface area contributed by atoms with Gasteiger partial charge in [-0.25, -0.2) is 4.98 Å². The van der Waals surface area contributed by atoms with Crippen LogP contribution >= 0.6 is 11.3 Å². The van der Waals surface area contributed by atoms with Crippen molar-refractivity contribution in [1.82, 2.24) is 14.3 Å². The Morgan fingerprint density at radius 1 is 1.48 bits per heavy atom. The van der Waals surface area contributed by atoms with Crippen molar-refractivity contribution >= 4 is 22.3 Å². The molecule has 0 bridgehead atoms. The lowest BCUT2D eigenvalue weighted by molar-refractivity contribution is -0.142. The molecule has 1 aliphatic carbocycles. The molecule has 1 saturated carbocycles. The molecule has 0 spiro atoms. The average molecular weight is 305 g/mol. The predicted molar refractivity (Wildman–Crippen MR) is 80.8 cm³/mol. The molecule has 1 aliphatic heterocycles. The van der Waals surface area contributed by atoms with E-state index in [1.165, 1.54) is 24.2 Å². The number of fused-ring (bicyclic) bond motifs is 1. The van der Waals surface area contributed by atoms with Gasteiger partial charge >= 0.3 is 5.97 Å². The molecule has 1 atom stereocenters. The molecule has 0 radical (unpaired) electrons. The van der Waals surface area contributed by atoms with Crippen LogP contribution in [0.15, 0.2) is 5.38 Å². The fraction of sp³-hybridized carbons (Fsp3) is 0.600. The van der Waals surface area contributed by atoms with Crippen LogP contribution in [0, 0.1) is 6.92 Å². The lowest BCUT2D eigenvalue weighted by Crippen LogP contribution is -2.35. The van der Waals surface area contributed by atoms with Crippen LogP contribution in [0.25, 0.3) is 4.96 Å². The van der Waals surface area contributed by atoms with Crippen LogP contribution in [-0.4, -0.2) is 37.9 Å². The van der Waals surface area contributed by atoms with E-state index >= 15 is 0 Å². The van der Waals surface area contributed by atoms with Crippen molar-refractivity contribution in [2.75, 3.05) is 6.54 Å². The number of aryl methyl sites for hydroxylation is 1. The second-order valence-electron chi connectivity index (χ2n) is 6.16. The summed E-state index contributed by atoms with van der Waals surface area (Å²) in [5.74, 6) is -0.0152. The zero-order chi connectivity index (χ0) is 14.6. The molecule has 0 amide bonds. The molecule has 21 heavy (non-hydrogen) atoms. The van der Waals surface area contributed by atoms with Crippen molar-refractivity contribution in [1.29, 1.82) is 0 Å². The number of likely N-dealkylation sites (tertiary alicyclic amines) is 1. The molecule has 2 aromatic heterocycles. The highest BCUT2D eigenvalue weighted by atomic mass is 32.1. The van der Waals surface area contributed by atoms with Gasteiger partial charge in [0, 0.05) is 23.5 Å². The fourth-order valence-corrected chi connectivity index (χ4v) is 4.41. The third kappa shape index (κ3) is 2.17. The molecule has 2 aromatic rings. The summed E-state index contributed by atoms with van der Waals surface area (Å²) in [7, 11) is 0. The maximum atomic E-state index is 11.4. The number of thiazole rings is 1. The Morgan fingerprint density at radius 3 is 3.00 bits per heavy atom. The van der Waals surface area contributed by atoms with Crippen molar-refractivity contribution in [3.8, 4) is 0 Å². The Morgan fingerprint density at radius 2 is 2.29 bits per heavy atom. The average Bonchev–Trinajstić information content (AvgIpc) is 2.92. The Kier molecular flexibility index (Phi) is 3.04. The van der Waals surface area contributed by atoms with Crippen molar-refractivity contribution < 1.29 is 9.90 Å². The van der Waals surface area contributed by atoms with Gasteiger partial charge in [0.15, 0.2) is 4.96 Å². The van der Waals surface area contributed by atoms with Crippen LogP contribution in [0.2, 0.25) is 0 Å². The number of carboxylic acid groups (broad SMARTS) is 1. The molecule has 2 fully saturated rings. The lowest BCUT2D eigenvalue weighted by atomic mass is 10.2. The molecular weight excluding hydrogens is 286 g/mol. The van der Waals surface area contributed by atoms with Gasteiger partial charge in [-0.05, 0) is 39.2 Å². The van der Waals surface area contributed by atoms with Gasteiger partial charge in [-0.2, -0.15) is 0 Å². The Balaban J connectivity index is 1.70. The van der Waals surface area contributed by atoms with Crippen molar-refractivity contribution in [2.24, 2.45) is 0 Å². The summed E-state index contributed by atoms with van der Waals surface area (Å²) >= 11 is 1.70. The van der Waals surface area contributed by atoms with Crippen molar-refractivity contribution in [2.45, 2.75) is 51.1 Å². The van der Waals surface area contributed by atoms with Crippen LogP contribution in [0.5, 0.6) is 0 Å². The highest BCUT2D eigenvalue weighted by molar-refractivity contribution is 7.15. The van der Waals surface area contributed by atoms with Gasteiger partial charge < -0.3 is 5.11 Å². The van der Waals surface area contributed by atoms with Crippen LogP contribution in [-0.2, 0) is 11.3 Å². The summed E-state index contributed by atoms with van der Waals surface area (Å²) in [5.41, 5.74) is 3.60. The van der Waals surface area contributed by atoms with Crippen molar-refractivity contribution in [3.05, 3.63) is 22.5 Å². The van der Waals surface area contributed by atoms with Gasteiger partial charge in [-0.3, -0.25) is 14.1 Å². The van der Waals surface area contributed by atoms with Gasteiger partial charge in [0.1, 0.15) is 6.04 Å². The normalized spacial score (nSPS) is 23.2. The minimum absolute atomic E-state index is 0.335. The summed E-state index contributed by atoms with van der Waals surface area (Å²) in [6, 6.07) is -0.335. The summed E-state index contributed by atoms with van der Waals surface area (Å²) in [5, 5.41) is 11.6. The summed E-state index contributed by atoms with van der Waals surface area (Å²) in [6.45, 7) is 3.60. The second kappa shape index (κ2) is 4.81. The molecule has 3 heterocycles. The first-order chi connectivity index (χ1) is 10.1. The number of aromatic nitrogens is 2. The quantitative estimate of drug-likeness (QED) is 0.943. The zero-order valence-corrected chi connectivity index (χ0v) is 12.9. The summed E-state index contributed by atoms with van der Waals surface area (Å²) in [6.07, 6.45) is 4.26. The van der Waals surface area contributed by atoms with Crippen LogP contribution in [0.3, 0.4) is 0 Å². The third-order valence-electron chi connectivity index (χ3n) is 4.68. The molecule has 112 valence electrons. The van der Waals surface area contributed by atoms with Crippen LogP contribution in [0.1, 0.15) is 48.7 Å². The fourth-order valence-electron chi connectivity index (χ4n) is 3.38. The van der Waals surface area contributed by atoms with Gasteiger partial charge in [0.2, 0.25) is 0 Å². The molecule has 0 aromatic carbocycles. The topological polar surface area (TPSA) is 57.8 Å². The van der Waals surface area contributed by atoms with Gasteiger partial charge in [-0.15, -0.1) is 11.3 Å². The van der Waals surface area contributed by atoms with E-state index in [9.17, 15) is 9.90 Å². The number of nitrogens with zero attached hydrogens (tertiary/aromatic N) is 3. The van der Waals surface area contributed by atoms with Gasteiger partial charge in [0.25, 0.3) is 0 Å². The largest absolute Gasteiger partial charge is 0.480 e. The first-order valence-electron chi connectivity index (χ1n) is 7.57. The number of carbonyl (C=O) groups is 1. The Hall–Kier alpha value is -1.40. The Bertz CT molecular complexity index is 701. The minimum Gasteiger partial charge on any atom is -0.480 e. The predicted octanol–water partition coefficient (Wildman–Crippen LogP) is 2.63. The lowest BCUT2D eigenvalue weighted by Gasteiger charge is -2.21. The van der Waals surface area contributed by atoms with Crippen LogP contribution < -0.4 is 0 Å². The van der Waals surface area contributed by atoms with E-state index in [0.717, 1.165) is 30.0 Å². The SMILES string of the molecule is Cc1nc2scc(C3CC3)n2c1CN1CCCC1C(=O)O. The van der Waals surface area contributed by atoms with Gasteiger partial charge in [0.05, 0.1) is 11.4 Å². The Labute approximate surface area is 127 Å². The third-order valence-corrected chi connectivity index (χ3v) is 5.53. The maximum absolute atomic E-state index is 11.4. The number of hydrogen-bond donors (Lipinski definition) is 1. The number of aliphatic carboxylic acids is 1. The number of imidazole rings is 1. The molecule has 2 aliphatic rings. The molecule has 1 unspecified atom stereocenters. The number of hydrogen-bond acceptors (Lipinski definition) is 4. The molecule has 6 heteroatoms. The van der Waals surface area contributed by atoms with Gasteiger partial charge in [-0.1, -0.05) is 0 Å². The number of carboxylic acids is 1. The molecule has 5 nitrogen and oxygen atoms in total. The second-order valence-corrected chi connectivity index (χ2v) is 7.00. The van der Waals surface area contributed by atoms with E-state index < -0.39 is 5.97 Å². The van der Waals surface area contributed by atoms with E-state index in [4.69, 9.17) is 0 Å². The summed E-state index contributed by atoms with van der Waals surface area (Å²) < 4.78 is 2.29. The van der Waals surface area contributed by atoms with Crippen molar-refractivity contribution in [3.63, 3.8) is 0 Å². The first kappa shape index (κ1) is 13.3. The minimum atomic E-state index is -0.696. The highest BCUT2D eigenvalue weighted by Gasteiger charge is 2.33.